The lowest BCUT2D eigenvalue weighted by Crippen LogP contribution is -2.05. The molecule has 0 atom stereocenters. The molecule has 0 aliphatic carbocycles. The SMILES string of the molecule is CCNc1nc2ccc(OC)cc2n2c(CC)nnc12. The zero-order valence-electron chi connectivity index (χ0n) is 11.8. The van der Waals surface area contributed by atoms with Crippen LogP contribution in [-0.2, 0) is 6.42 Å². The van der Waals surface area contributed by atoms with E-state index in [1.54, 1.807) is 7.11 Å². The van der Waals surface area contributed by atoms with E-state index in [4.69, 9.17) is 4.74 Å². The van der Waals surface area contributed by atoms with Gasteiger partial charge in [-0.25, -0.2) is 4.98 Å². The molecule has 0 radical (unpaired) electrons. The zero-order valence-corrected chi connectivity index (χ0v) is 11.8. The van der Waals surface area contributed by atoms with Gasteiger partial charge in [-0.3, -0.25) is 4.40 Å². The maximum Gasteiger partial charge on any atom is 0.204 e. The third-order valence-electron chi connectivity index (χ3n) is 3.26. The fourth-order valence-corrected chi connectivity index (χ4v) is 2.31. The third-order valence-corrected chi connectivity index (χ3v) is 3.26. The molecule has 3 aromatic rings. The normalized spacial score (nSPS) is 11.2. The molecule has 0 unspecified atom stereocenters. The summed E-state index contributed by atoms with van der Waals surface area (Å²) in [6.07, 6.45) is 0.809. The second-order valence-corrected chi connectivity index (χ2v) is 4.47. The topological polar surface area (TPSA) is 64.3 Å². The summed E-state index contributed by atoms with van der Waals surface area (Å²) in [5.41, 5.74) is 2.61. The number of ether oxygens (including phenoxy) is 1. The molecule has 2 aromatic heterocycles. The molecule has 0 saturated heterocycles. The van der Waals surface area contributed by atoms with Gasteiger partial charge in [0.15, 0.2) is 5.82 Å². The standard InChI is InChI=1S/C14H17N5O/c1-4-12-17-18-14-13(15-5-2)16-10-7-6-9(20-3)8-11(10)19(12)14/h6-8H,4-5H2,1-3H3,(H,15,16). The Hall–Kier alpha value is -2.37. The first kappa shape index (κ1) is 12.7. The lowest BCUT2D eigenvalue weighted by molar-refractivity contribution is 0.415. The molecule has 1 aromatic carbocycles. The van der Waals surface area contributed by atoms with Gasteiger partial charge in [-0.05, 0) is 19.1 Å². The Labute approximate surface area is 116 Å². The van der Waals surface area contributed by atoms with E-state index in [1.807, 2.05) is 29.5 Å². The molecule has 20 heavy (non-hydrogen) atoms. The van der Waals surface area contributed by atoms with Gasteiger partial charge in [0.25, 0.3) is 0 Å². The molecule has 104 valence electrons. The Balaban J connectivity index is 2.41. The number of fused-ring (bicyclic) bond motifs is 3. The van der Waals surface area contributed by atoms with Crippen molar-refractivity contribution in [1.82, 2.24) is 19.6 Å². The largest absolute Gasteiger partial charge is 0.497 e. The number of methoxy groups -OCH3 is 1. The number of nitrogens with zero attached hydrogens (tertiary/aromatic N) is 4. The van der Waals surface area contributed by atoms with E-state index in [0.717, 1.165) is 47.0 Å². The Morgan fingerprint density at radius 1 is 1.25 bits per heavy atom. The summed E-state index contributed by atoms with van der Waals surface area (Å²) in [6, 6.07) is 5.83. The number of benzene rings is 1. The van der Waals surface area contributed by atoms with Crippen LogP contribution in [0.25, 0.3) is 16.7 Å². The molecule has 3 rings (SSSR count). The van der Waals surface area contributed by atoms with Crippen molar-refractivity contribution in [2.75, 3.05) is 19.0 Å². The number of aryl methyl sites for hydroxylation is 1. The van der Waals surface area contributed by atoms with E-state index in [0.29, 0.717) is 0 Å². The average molecular weight is 271 g/mol. The number of anilines is 1. The minimum absolute atomic E-state index is 0.754. The second kappa shape index (κ2) is 4.96. The summed E-state index contributed by atoms with van der Waals surface area (Å²) in [4.78, 5) is 4.63. The highest BCUT2D eigenvalue weighted by molar-refractivity contribution is 5.84. The predicted octanol–water partition coefficient (Wildman–Crippen LogP) is 2.28. The van der Waals surface area contributed by atoms with Gasteiger partial charge < -0.3 is 10.1 Å². The van der Waals surface area contributed by atoms with Crippen LogP contribution in [-0.4, -0.2) is 33.2 Å². The van der Waals surface area contributed by atoms with Gasteiger partial charge >= 0.3 is 0 Å². The van der Waals surface area contributed by atoms with E-state index in [1.165, 1.54) is 0 Å². The molecule has 1 N–H and O–H groups in total. The molecule has 0 fully saturated rings. The van der Waals surface area contributed by atoms with Crippen molar-refractivity contribution < 1.29 is 4.74 Å². The van der Waals surface area contributed by atoms with Crippen molar-refractivity contribution >= 4 is 22.5 Å². The molecule has 0 bridgehead atoms. The maximum atomic E-state index is 5.30. The zero-order chi connectivity index (χ0) is 14.1. The van der Waals surface area contributed by atoms with Crippen molar-refractivity contribution in [2.45, 2.75) is 20.3 Å². The lowest BCUT2D eigenvalue weighted by Gasteiger charge is -2.09. The molecule has 2 heterocycles. The van der Waals surface area contributed by atoms with Gasteiger partial charge in [-0.2, -0.15) is 0 Å². The Morgan fingerprint density at radius 3 is 2.80 bits per heavy atom. The van der Waals surface area contributed by atoms with Crippen molar-refractivity contribution in [2.24, 2.45) is 0 Å². The van der Waals surface area contributed by atoms with Gasteiger partial charge in [0.05, 0.1) is 18.1 Å². The minimum Gasteiger partial charge on any atom is -0.497 e. The van der Waals surface area contributed by atoms with Crippen LogP contribution in [0.3, 0.4) is 0 Å². The quantitative estimate of drug-likeness (QED) is 0.788. The smallest absolute Gasteiger partial charge is 0.204 e. The van der Waals surface area contributed by atoms with Crippen LogP contribution < -0.4 is 10.1 Å². The van der Waals surface area contributed by atoms with Crippen LogP contribution in [0.2, 0.25) is 0 Å². The molecule has 0 aliphatic heterocycles. The summed E-state index contributed by atoms with van der Waals surface area (Å²) in [5, 5.41) is 11.8. The summed E-state index contributed by atoms with van der Waals surface area (Å²) >= 11 is 0. The van der Waals surface area contributed by atoms with Crippen LogP contribution in [0.4, 0.5) is 5.82 Å². The first-order valence-electron chi connectivity index (χ1n) is 6.74. The molecule has 0 aliphatic rings. The Morgan fingerprint density at radius 2 is 2.10 bits per heavy atom. The number of nitrogens with one attached hydrogen (secondary N) is 1. The molecule has 0 saturated carbocycles. The van der Waals surface area contributed by atoms with Crippen LogP contribution >= 0.6 is 0 Å². The van der Waals surface area contributed by atoms with Crippen molar-refractivity contribution in [3.63, 3.8) is 0 Å². The highest BCUT2D eigenvalue weighted by atomic mass is 16.5. The summed E-state index contributed by atoms with van der Waals surface area (Å²) in [6.45, 7) is 4.89. The van der Waals surface area contributed by atoms with E-state index >= 15 is 0 Å². The van der Waals surface area contributed by atoms with Crippen LogP contribution in [0, 0.1) is 0 Å². The minimum atomic E-state index is 0.754. The number of hydrogen-bond donors (Lipinski definition) is 1. The fraction of sp³-hybridized carbons (Fsp3) is 0.357. The fourth-order valence-electron chi connectivity index (χ4n) is 2.31. The van der Waals surface area contributed by atoms with Gasteiger partial charge in [0.1, 0.15) is 11.6 Å². The van der Waals surface area contributed by atoms with Crippen LogP contribution in [0.1, 0.15) is 19.7 Å². The van der Waals surface area contributed by atoms with Gasteiger partial charge in [0.2, 0.25) is 5.65 Å². The summed E-state index contributed by atoms with van der Waals surface area (Å²) in [5.74, 6) is 2.48. The Kier molecular flexibility index (Phi) is 3.14. The monoisotopic (exact) mass is 271 g/mol. The summed E-state index contributed by atoms with van der Waals surface area (Å²) in [7, 11) is 1.66. The van der Waals surface area contributed by atoms with Crippen molar-refractivity contribution in [3.05, 3.63) is 24.0 Å². The summed E-state index contributed by atoms with van der Waals surface area (Å²) < 4.78 is 7.35. The van der Waals surface area contributed by atoms with Crippen molar-refractivity contribution in [3.8, 4) is 5.75 Å². The first-order valence-corrected chi connectivity index (χ1v) is 6.74. The van der Waals surface area contributed by atoms with E-state index in [9.17, 15) is 0 Å². The van der Waals surface area contributed by atoms with Gasteiger partial charge in [-0.15, -0.1) is 10.2 Å². The molecular formula is C14H17N5O. The van der Waals surface area contributed by atoms with E-state index < -0.39 is 0 Å². The molecule has 0 spiro atoms. The Bertz CT molecular complexity index is 765. The molecule has 0 amide bonds. The highest BCUT2D eigenvalue weighted by Gasteiger charge is 2.14. The molecule has 6 heteroatoms. The number of aromatic nitrogens is 4. The average Bonchev–Trinajstić information content (AvgIpc) is 2.92. The van der Waals surface area contributed by atoms with Crippen LogP contribution in [0.15, 0.2) is 18.2 Å². The highest BCUT2D eigenvalue weighted by Crippen LogP contribution is 2.25. The van der Waals surface area contributed by atoms with Gasteiger partial charge in [0, 0.05) is 19.0 Å². The van der Waals surface area contributed by atoms with Crippen molar-refractivity contribution in [1.29, 1.82) is 0 Å². The maximum absolute atomic E-state index is 5.30. The first-order chi connectivity index (χ1) is 9.78. The second-order valence-electron chi connectivity index (χ2n) is 4.47. The molecular weight excluding hydrogens is 254 g/mol. The number of hydrogen-bond acceptors (Lipinski definition) is 5. The van der Waals surface area contributed by atoms with E-state index in [2.05, 4.69) is 27.4 Å². The van der Waals surface area contributed by atoms with Gasteiger partial charge in [-0.1, -0.05) is 6.92 Å². The molecule has 6 nitrogen and oxygen atoms in total. The van der Waals surface area contributed by atoms with E-state index in [-0.39, 0.29) is 0 Å². The van der Waals surface area contributed by atoms with Crippen LogP contribution in [0.5, 0.6) is 5.75 Å². The predicted molar refractivity (Wildman–Crippen MR) is 78.4 cm³/mol. The number of rotatable bonds is 4. The third kappa shape index (κ3) is 1.84. The lowest BCUT2D eigenvalue weighted by atomic mass is 10.2.